The van der Waals surface area contributed by atoms with Gasteiger partial charge in [-0.1, -0.05) is 55.3 Å². The lowest BCUT2D eigenvalue weighted by Gasteiger charge is -2.29. The third-order valence-corrected chi connectivity index (χ3v) is 6.96. The van der Waals surface area contributed by atoms with Crippen molar-refractivity contribution < 1.29 is 8.42 Å². The number of rotatable bonds is 3. The van der Waals surface area contributed by atoms with Gasteiger partial charge in [0, 0.05) is 0 Å². The van der Waals surface area contributed by atoms with Crippen LogP contribution in [0.4, 0.5) is 0 Å². The molecule has 1 aliphatic carbocycles. The summed E-state index contributed by atoms with van der Waals surface area (Å²) in [6.45, 7) is 0. The summed E-state index contributed by atoms with van der Waals surface area (Å²) >= 11 is 12.7. The predicted molar refractivity (Wildman–Crippen MR) is 85.3 cm³/mol. The van der Waals surface area contributed by atoms with Crippen LogP contribution in [0.15, 0.2) is 11.0 Å². The average molecular weight is 367 g/mol. The van der Waals surface area contributed by atoms with Gasteiger partial charge in [-0.05, 0) is 18.9 Å². The molecule has 0 aliphatic heterocycles. The lowest BCUT2D eigenvalue weighted by molar-refractivity contribution is 0.357. The van der Waals surface area contributed by atoms with E-state index in [1.807, 2.05) is 0 Å². The molecule has 1 N–H and O–H groups in total. The van der Waals surface area contributed by atoms with Crippen molar-refractivity contribution in [2.24, 2.45) is 0 Å². The molecule has 0 saturated heterocycles. The van der Waals surface area contributed by atoms with E-state index in [2.05, 4.69) is 10.8 Å². The monoisotopic (exact) mass is 366 g/mol. The highest BCUT2D eigenvalue weighted by Crippen LogP contribution is 2.35. The van der Waals surface area contributed by atoms with E-state index in [1.54, 1.807) is 0 Å². The molecule has 21 heavy (non-hydrogen) atoms. The van der Waals surface area contributed by atoms with Crippen LogP contribution < -0.4 is 4.72 Å². The highest BCUT2D eigenvalue weighted by molar-refractivity contribution is 7.89. The van der Waals surface area contributed by atoms with Gasteiger partial charge >= 0.3 is 0 Å². The molecular formula is C13H16Cl2N2O2S2. The van der Waals surface area contributed by atoms with Crippen LogP contribution in [0.2, 0.25) is 8.67 Å². The van der Waals surface area contributed by atoms with Crippen LogP contribution in [0.5, 0.6) is 0 Å². The van der Waals surface area contributed by atoms with Gasteiger partial charge in [-0.3, -0.25) is 0 Å². The number of hydrogen-bond donors (Lipinski definition) is 1. The molecule has 1 saturated carbocycles. The van der Waals surface area contributed by atoms with Gasteiger partial charge in [0.15, 0.2) is 0 Å². The van der Waals surface area contributed by atoms with Crippen LogP contribution in [0.1, 0.15) is 44.9 Å². The first kappa shape index (κ1) is 17.0. The first-order valence-corrected chi connectivity index (χ1v) is 9.84. The molecule has 0 bridgehead atoms. The van der Waals surface area contributed by atoms with Crippen molar-refractivity contribution in [1.82, 2.24) is 4.72 Å². The Balaban J connectivity index is 2.28. The minimum atomic E-state index is -3.85. The topological polar surface area (TPSA) is 70.0 Å². The molecule has 1 fully saturated rings. The number of halogens is 2. The Labute approximate surface area is 139 Å². The van der Waals surface area contributed by atoms with Crippen molar-refractivity contribution in [2.75, 3.05) is 0 Å². The van der Waals surface area contributed by atoms with Crippen molar-refractivity contribution >= 4 is 44.6 Å². The smallest absolute Gasteiger partial charge is 0.207 e. The number of nitriles is 1. The first-order valence-electron chi connectivity index (χ1n) is 6.79. The maximum absolute atomic E-state index is 12.5. The van der Waals surface area contributed by atoms with Gasteiger partial charge in [0.05, 0.1) is 10.4 Å². The van der Waals surface area contributed by atoms with Gasteiger partial charge in [-0.15, -0.1) is 11.3 Å². The van der Waals surface area contributed by atoms with Crippen molar-refractivity contribution in [3.8, 4) is 6.07 Å². The van der Waals surface area contributed by atoms with Gasteiger partial charge in [-0.25, -0.2) is 8.42 Å². The Morgan fingerprint density at radius 2 is 1.76 bits per heavy atom. The second-order valence-electron chi connectivity index (χ2n) is 5.26. The molecule has 4 nitrogen and oxygen atoms in total. The number of nitrogens with one attached hydrogen (secondary N) is 1. The second-order valence-corrected chi connectivity index (χ2v) is 9.19. The molecule has 1 aromatic rings. The molecule has 8 heteroatoms. The summed E-state index contributed by atoms with van der Waals surface area (Å²) < 4.78 is 28.0. The summed E-state index contributed by atoms with van der Waals surface area (Å²) in [5.41, 5.74) is -1.04. The fourth-order valence-electron chi connectivity index (χ4n) is 2.57. The third-order valence-electron chi connectivity index (χ3n) is 3.67. The molecule has 0 spiro atoms. The highest BCUT2D eigenvalue weighted by atomic mass is 35.5. The fraction of sp³-hybridized carbons (Fsp3) is 0.615. The Bertz CT molecular complexity index is 642. The number of hydrogen-bond acceptors (Lipinski definition) is 4. The molecule has 0 atom stereocenters. The molecule has 0 radical (unpaired) electrons. The van der Waals surface area contributed by atoms with Crippen molar-refractivity contribution in [3.63, 3.8) is 0 Å². The third kappa shape index (κ3) is 4.11. The summed E-state index contributed by atoms with van der Waals surface area (Å²) in [6.07, 6.45) is 5.92. The van der Waals surface area contributed by atoms with E-state index in [-0.39, 0.29) is 9.23 Å². The fourth-order valence-corrected chi connectivity index (χ4v) is 6.09. The van der Waals surface area contributed by atoms with E-state index in [0.29, 0.717) is 17.2 Å². The summed E-state index contributed by atoms with van der Waals surface area (Å²) in [4.78, 5) is -0.0455. The van der Waals surface area contributed by atoms with Crippen LogP contribution in [0, 0.1) is 11.3 Å². The minimum Gasteiger partial charge on any atom is -0.207 e. The van der Waals surface area contributed by atoms with Crippen LogP contribution in [-0.2, 0) is 10.0 Å². The van der Waals surface area contributed by atoms with Crippen LogP contribution in [0.25, 0.3) is 0 Å². The lowest BCUT2D eigenvalue weighted by Crippen LogP contribution is -2.47. The molecule has 1 aromatic heterocycles. The maximum Gasteiger partial charge on any atom is 0.244 e. The molecule has 0 unspecified atom stereocenters. The number of nitrogens with zero attached hydrogens (tertiary/aromatic N) is 1. The van der Waals surface area contributed by atoms with E-state index in [4.69, 9.17) is 23.2 Å². The van der Waals surface area contributed by atoms with Crippen molar-refractivity contribution in [3.05, 3.63) is 14.7 Å². The molecule has 1 heterocycles. The second kappa shape index (κ2) is 6.84. The Kier molecular flexibility index (Phi) is 5.55. The normalized spacial score (nSPS) is 19.5. The summed E-state index contributed by atoms with van der Waals surface area (Å²) in [6, 6.07) is 3.50. The zero-order valence-electron chi connectivity index (χ0n) is 11.4. The van der Waals surface area contributed by atoms with Crippen LogP contribution in [-0.4, -0.2) is 14.0 Å². The van der Waals surface area contributed by atoms with Gasteiger partial charge in [0.1, 0.15) is 14.8 Å². The molecule has 1 aliphatic rings. The summed E-state index contributed by atoms with van der Waals surface area (Å²) in [5.74, 6) is 0. The molecule has 0 amide bonds. The standard InChI is InChI=1S/C13H16Cl2N2O2S2/c14-11-8-10(12(15)20-11)21(18,19)17-13(9-16)6-4-2-1-3-5-7-13/h8,17H,1-7H2. The van der Waals surface area contributed by atoms with Crippen LogP contribution in [0.3, 0.4) is 0 Å². The van der Waals surface area contributed by atoms with Crippen molar-refractivity contribution in [1.29, 1.82) is 5.26 Å². The van der Waals surface area contributed by atoms with Crippen LogP contribution >= 0.6 is 34.5 Å². The zero-order valence-corrected chi connectivity index (χ0v) is 14.5. The SMILES string of the molecule is N#CC1(NS(=O)(=O)c2cc(Cl)sc2Cl)CCCCCCC1. The molecule has 116 valence electrons. The Hall–Kier alpha value is -0.320. The maximum atomic E-state index is 12.5. The van der Waals surface area contributed by atoms with Gasteiger partial charge in [0.2, 0.25) is 10.0 Å². The zero-order chi connectivity index (χ0) is 15.5. The number of thiophene rings is 1. The van der Waals surface area contributed by atoms with Crippen molar-refractivity contribution in [2.45, 2.75) is 55.4 Å². The number of sulfonamides is 1. The average Bonchev–Trinajstić information content (AvgIpc) is 2.73. The molecule has 0 aromatic carbocycles. The quantitative estimate of drug-likeness (QED) is 0.864. The van der Waals surface area contributed by atoms with E-state index in [9.17, 15) is 13.7 Å². The molecule has 2 rings (SSSR count). The lowest BCUT2D eigenvalue weighted by atomic mass is 9.86. The molecular weight excluding hydrogens is 351 g/mol. The first-order chi connectivity index (χ1) is 9.88. The summed E-state index contributed by atoms with van der Waals surface area (Å²) in [5, 5.41) is 9.51. The predicted octanol–water partition coefficient (Wildman–Crippen LogP) is 4.34. The van der Waals surface area contributed by atoms with E-state index in [0.717, 1.165) is 43.4 Å². The van der Waals surface area contributed by atoms with E-state index < -0.39 is 15.6 Å². The van der Waals surface area contributed by atoms with Gasteiger partial charge in [0.25, 0.3) is 0 Å². The Morgan fingerprint density at radius 1 is 1.19 bits per heavy atom. The Morgan fingerprint density at radius 3 is 2.24 bits per heavy atom. The summed E-state index contributed by atoms with van der Waals surface area (Å²) in [7, 11) is -3.85. The van der Waals surface area contributed by atoms with E-state index >= 15 is 0 Å². The largest absolute Gasteiger partial charge is 0.244 e. The van der Waals surface area contributed by atoms with Gasteiger partial charge in [-0.2, -0.15) is 9.98 Å². The van der Waals surface area contributed by atoms with Gasteiger partial charge < -0.3 is 0 Å². The highest BCUT2D eigenvalue weighted by Gasteiger charge is 2.36. The van der Waals surface area contributed by atoms with E-state index in [1.165, 1.54) is 6.07 Å². The minimum absolute atomic E-state index is 0.0455.